The SMILES string of the molecule is Oc1cccc(C(O)C2CCCCN2)c1O. The Morgan fingerprint density at radius 2 is 2.06 bits per heavy atom. The lowest BCUT2D eigenvalue weighted by molar-refractivity contribution is 0.111. The number of aromatic hydroxyl groups is 2. The quantitative estimate of drug-likeness (QED) is 0.570. The van der Waals surface area contributed by atoms with E-state index in [1.54, 1.807) is 12.1 Å². The zero-order chi connectivity index (χ0) is 11.5. The minimum absolute atomic E-state index is 0.0403. The third-order valence-corrected chi connectivity index (χ3v) is 3.09. The molecule has 88 valence electrons. The van der Waals surface area contributed by atoms with E-state index in [-0.39, 0.29) is 17.5 Å². The van der Waals surface area contributed by atoms with Gasteiger partial charge in [0.15, 0.2) is 11.5 Å². The number of hydrogen-bond acceptors (Lipinski definition) is 4. The van der Waals surface area contributed by atoms with Crippen molar-refractivity contribution in [3.05, 3.63) is 23.8 Å². The van der Waals surface area contributed by atoms with Crippen molar-refractivity contribution in [2.45, 2.75) is 31.4 Å². The van der Waals surface area contributed by atoms with E-state index < -0.39 is 6.10 Å². The van der Waals surface area contributed by atoms with Crippen LogP contribution in [0.5, 0.6) is 11.5 Å². The van der Waals surface area contributed by atoms with E-state index in [1.165, 1.54) is 6.07 Å². The largest absolute Gasteiger partial charge is 0.504 e. The van der Waals surface area contributed by atoms with Gasteiger partial charge in [0.05, 0.1) is 6.10 Å². The molecule has 4 heteroatoms. The monoisotopic (exact) mass is 223 g/mol. The van der Waals surface area contributed by atoms with Gasteiger partial charge < -0.3 is 20.6 Å². The van der Waals surface area contributed by atoms with Crippen LogP contribution in [-0.2, 0) is 0 Å². The maximum atomic E-state index is 10.1. The minimum atomic E-state index is -0.771. The molecule has 0 saturated carbocycles. The highest BCUT2D eigenvalue weighted by Crippen LogP contribution is 2.35. The molecule has 16 heavy (non-hydrogen) atoms. The van der Waals surface area contributed by atoms with Gasteiger partial charge in [0, 0.05) is 11.6 Å². The topological polar surface area (TPSA) is 72.7 Å². The highest BCUT2D eigenvalue weighted by molar-refractivity contribution is 5.45. The summed E-state index contributed by atoms with van der Waals surface area (Å²) in [5, 5.41) is 32.4. The van der Waals surface area contributed by atoms with Gasteiger partial charge in [0.25, 0.3) is 0 Å². The molecule has 0 aromatic heterocycles. The molecule has 0 amide bonds. The lowest BCUT2D eigenvalue weighted by atomic mass is 9.94. The Labute approximate surface area is 94.5 Å². The van der Waals surface area contributed by atoms with Crippen LogP contribution in [-0.4, -0.2) is 27.9 Å². The Morgan fingerprint density at radius 1 is 1.25 bits per heavy atom. The molecule has 4 N–H and O–H groups in total. The molecule has 1 fully saturated rings. The fourth-order valence-corrected chi connectivity index (χ4v) is 2.15. The highest BCUT2D eigenvalue weighted by atomic mass is 16.3. The number of phenols is 2. The van der Waals surface area contributed by atoms with E-state index in [4.69, 9.17) is 0 Å². The molecule has 1 aromatic carbocycles. The van der Waals surface area contributed by atoms with Crippen molar-refractivity contribution in [2.24, 2.45) is 0 Å². The Bertz CT molecular complexity index is 361. The van der Waals surface area contributed by atoms with Crippen LogP contribution in [0.3, 0.4) is 0 Å². The van der Waals surface area contributed by atoms with E-state index in [0.717, 1.165) is 25.8 Å². The minimum Gasteiger partial charge on any atom is -0.504 e. The van der Waals surface area contributed by atoms with Crippen LogP contribution in [0.15, 0.2) is 18.2 Å². The summed E-state index contributed by atoms with van der Waals surface area (Å²) in [4.78, 5) is 0. The molecule has 1 aliphatic heterocycles. The van der Waals surface area contributed by atoms with Crippen LogP contribution in [0.4, 0.5) is 0 Å². The maximum absolute atomic E-state index is 10.1. The average Bonchev–Trinajstić information content (AvgIpc) is 2.33. The molecule has 2 unspecified atom stereocenters. The summed E-state index contributed by atoms with van der Waals surface area (Å²) in [7, 11) is 0. The molecule has 0 bridgehead atoms. The average molecular weight is 223 g/mol. The Balaban J connectivity index is 2.19. The molecule has 1 aromatic rings. The zero-order valence-corrected chi connectivity index (χ0v) is 9.06. The first kappa shape index (κ1) is 11.2. The van der Waals surface area contributed by atoms with Crippen molar-refractivity contribution in [1.82, 2.24) is 5.32 Å². The predicted octanol–water partition coefficient (Wildman–Crippen LogP) is 1.27. The van der Waals surface area contributed by atoms with Crippen LogP contribution < -0.4 is 5.32 Å². The molecule has 2 rings (SSSR count). The van der Waals surface area contributed by atoms with E-state index in [2.05, 4.69) is 5.32 Å². The fourth-order valence-electron chi connectivity index (χ4n) is 2.15. The third kappa shape index (κ3) is 2.13. The Morgan fingerprint density at radius 3 is 2.75 bits per heavy atom. The molecular weight excluding hydrogens is 206 g/mol. The van der Waals surface area contributed by atoms with E-state index in [9.17, 15) is 15.3 Å². The first-order valence-electron chi connectivity index (χ1n) is 5.62. The molecular formula is C12H17NO3. The van der Waals surface area contributed by atoms with E-state index in [0.29, 0.717) is 5.56 Å². The van der Waals surface area contributed by atoms with Gasteiger partial charge in [-0.05, 0) is 25.5 Å². The third-order valence-electron chi connectivity index (χ3n) is 3.09. The zero-order valence-electron chi connectivity index (χ0n) is 9.06. The second-order valence-electron chi connectivity index (χ2n) is 4.22. The molecule has 1 aliphatic rings. The molecule has 4 nitrogen and oxygen atoms in total. The fraction of sp³-hybridized carbons (Fsp3) is 0.500. The van der Waals surface area contributed by atoms with Gasteiger partial charge in [-0.2, -0.15) is 0 Å². The lowest BCUT2D eigenvalue weighted by Crippen LogP contribution is -2.38. The normalized spacial score (nSPS) is 22.9. The number of phenolic OH excluding ortho intramolecular Hbond substituents is 2. The van der Waals surface area contributed by atoms with Gasteiger partial charge in [-0.1, -0.05) is 18.6 Å². The second-order valence-corrected chi connectivity index (χ2v) is 4.22. The number of aliphatic hydroxyl groups excluding tert-OH is 1. The van der Waals surface area contributed by atoms with Gasteiger partial charge in [-0.25, -0.2) is 0 Å². The molecule has 1 saturated heterocycles. The van der Waals surface area contributed by atoms with Crippen LogP contribution in [0.2, 0.25) is 0 Å². The Hall–Kier alpha value is -1.26. The first-order valence-corrected chi connectivity index (χ1v) is 5.62. The van der Waals surface area contributed by atoms with Crippen molar-refractivity contribution in [1.29, 1.82) is 0 Å². The van der Waals surface area contributed by atoms with Crippen molar-refractivity contribution in [3.63, 3.8) is 0 Å². The molecule has 0 radical (unpaired) electrons. The van der Waals surface area contributed by atoms with E-state index in [1.807, 2.05) is 0 Å². The first-order chi connectivity index (χ1) is 7.70. The summed E-state index contributed by atoms with van der Waals surface area (Å²) >= 11 is 0. The van der Waals surface area contributed by atoms with Crippen molar-refractivity contribution in [3.8, 4) is 11.5 Å². The smallest absolute Gasteiger partial charge is 0.163 e. The van der Waals surface area contributed by atoms with E-state index >= 15 is 0 Å². The van der Waals surface area contributed by atoms with Crippen LogP contribution in [0.1, 0.15) is 30.9 Å². The highest BCUT2D eigenvalue weighted by Gasteiger charge is 2.25. The summed E-state index contributed by atoms with van der Waals surface area (Å²) in [6, 6.07) is 4.62. The number of piperidine rings is 1. The Kier molecular flexibility index (Phi) is 3.31. The standard InChI is InChI=1S/C12H17NO3/c14-10-6-3-4-8(12(10)16)11(15)9-5-1-2-7-13-9/h3-4,6,9,11,13-16H,1-2,5,7H2. The second kappa shape index (κ2) is 4.72. The van der Waals surface area contributed by atoms with Crippen molar-refractivity contribution < 1.29 is 15.3 Å². The van der Waals surface area contributed by atoms with Gasteiger partial charge in [-0.3, -0.25) is 0 Å². The van der Waals surface area contributed by atoms with Crippen LogP contribution in [0, 0.1) is 0 Å². The van der Waals surface area contributed by atoms with Crippen LogP contribution >= 0.6 is 0 Å². The van der Waals surface area contributed by atoms with Crippen LogP contribution in [0.25, 0.3) is 0 Å². The molecule has 2 atom stereocenters. The summed E-state index contributed by atoms with van der Waals surface area (Å²) in [5.41, 5.74) is 0.388. The summed E-state index contributed by atoms with van der Waals surface area (Å²) in [5.74, 6) is -0.408. The van der Waals surface area contributed by atoms with Gasteiger partial charge in [-0.15, -0.1) is 0 Å². The number of benzene rings is 1. The summed E-state index contributed by atoms with van der Waals surface area (Å²) in [6.45, 7) is 0.890. The number of rotatable bonds is 2. The van der Waals surface area contributed by atoms with Crippen molar-refractivity contribution >= 4 is 0 Å². The van der Waals surface area contributed by atoms with Crippen molar-refractivity contribution in [2.75, 3.05) is 6.54 Å². The molecule has 0 aliphatic carbocycles. The number of hydrogen-bond donors (Lipinski definition) is 4. The number of aliphatic hydroxyl groups is 1. The predicted molar refractivity (Wildman–Crippen MR) is 60.4 cm³/mol. The molecule has 1 heterocycles. The molecule has 0 spiro atoms. The summed E-state index contributed by atoms with van der Waals surface area (Å²) in [6.07, 6.45) is 2.31. The van der Waals surface area contributed by atoms with Gasteiger partial charge in [0.1, 0.15) is 0 Å². The lowest BCUT2D eigenvalue weighted by Gasteiger charge is -2.28. The van der Waals surface area contributed by atoms with Gasteiger partial charge in [0.2, 0.25) is 0 Å². The number of nitrogens with one attached hydrogen (secondary N) is 1. The number of para-hydroxylation sites is 1. The summed E-state index contributed by atoms with van der Waals surface area (Å²) < 4.78 is 0. The van der Waals surface area contributed by atoms with Gasteiger partial charge >= 0.3 is 0 Å². The maximum Gasteiger partial charge on any atom is 0.163 e.